The molecule has 0 amide bonds. The smallest absolute Gasteiger partial charge is 0.123 e. The van der Waals surface area contributed by atoms with Gasteiger partial charge in [0.25, 0.3) is 0 Å². The van der Waals surface area contributed by atoms with E-state index in [9.17, 15) is 9.50 Å². The second kappa shape index (κ2) is 9.02. The molecule has 0 fully saturated rings. The largest absolute Gasteiger partial charge is 0.508 e. The zero-order chi connectivity index (χ0) is 16.9. The van der Waals surface area contributed by atoms with Crippen LogP contribution in [-0.2, 0) is 11.8 Å². The minimum atomic E-state index is -0.275. The van der Waals surface area contributed by atoms with Gasteiger partial charge >= 0.3 is 0 Å². The van der Waals surface area contributed by atoms with Crippen molar-refractivity contribution in [2.24, 2.45) is 0 Å². The fourth-order valence-corrected chi connectivity index (χ4v) is 2.79. The van der Waals surface area contributed by atoms with E-state index in [4.69, 9.17) is 5.11 Å². The number of aliphatic hydroxyl groups is 1. The summed E-state index contributed by atoms with van der Waals surface area (Å²) in [6, 6.07) is 13.7. The fourth-order valence-electron chi connectivity index (χ4n) is 2.79. The summed E-state index contributed by atoms with van der Waals surface area (Å²) >= 11 is 0. The maximum atomic E-state index is 13.1. The van der Waals surface area contributed by atoms with E-state index in [1.807, 2.05) is 12.1 Å². The molecule has 0 aromatic heterocycles. The Kier molecular flexibility index (Phi) is 7.67. The lowest BCUT2D eigenvalue weighted by atomic mass is 9.75. The first-order chi connectivity index (χ1) is 10.9. The van der Waals surface area contributed by atoms with Gasteiger partial charge in [0.05, 0.1) is 6.61 Å². The highest BCUT2D eigenvalue weighted by Gasteiger charge is 2.31. The Hall–Kier alpha value is -1.62. The molecule has 0 aliphatic heterocycles. The number of benzene rings is 2. The molecule has 2 aromatic carbocycles. The zero-order valence-corrected chi connectivity index (χ0v) is 14.8. The summed E-state index contributed by atoms with van der Waals surface area (Å²) in [6.07, 6.45) is 0.697. The molecule has 0 bridgehead atoms. The predicted octanol–water partition coefficient (Wildman–Crippen LogP) is 3.42. The topological polar surface area (TPSA) is 52.5 Å². The van der Waals surface area contributed by atoms with Crippen LogP contribution < -0.4 is 5.32 Å². The van der Waals surface area contributed by atoms with Crippen molar-refractivity contribution >= 4 is 12.4 Å². The lowest BCUT2D eigenvalue weighted by Gasteiger charge is -2.36. The molecule has 0 spiro atoms. The number of aromatic hydroxyl groups is 1. The first-order valence-electron chi connectivity index (χ1n) is 7.81. The fraction of sp³-hybridized carbons (Fsp3) is 0.368. The van der Waals surface area contributed by atoms with Crippen molar-refractivity contribution < 1.29 is 14.6 Å². The van der Waals surface area contributed by atoms with Crippen molar-refractivity contribution in [2.45, 2.75) is 31.7 Å². The third kappa shape index (κ3) is 5.20. The van der Waals surface area contributed by atoms with Crippen LogP contribution in [0.15, 0.2) is 48.5 Å². The van der Waals surface area contributed by atoms with Gasteiger partial charge in [0.15, 0.2) is 0 Å². The van der Waals surface area contributed by atoms with Gasteiger partial charge < -0.3 is 15.5 Å². The number of aliphatic hydroxyl groups excluding tert-OH is 1. The SMILES string of the molecule is CC(C)(c1cccc(O)c1)C(Cc1ccc(F)cc1)NCCO.Cl. The van der Waals surface area contributed by atoms with Crippen molar-refractivity contribution in [3.05, 3.63) is 65.5 Å². The Bertz CT molecular complexity index is 632. The van der Waals surface area contributed by atoms with E-state index in [0.717, 1.165) is 11.1 Å². The second-order valence-electron chi connectivity index (χ2n) is 6.33. The van der Waals surface area contributed by atoms with Crippen molar-refractivity contribution in [3.8, 4) is 5.75 Å². The van der Waals surface area contributed by atoms with Gasteiger partial charge in [-0.05, 0) is 41.8 Å². The standard InChI is InChI=1S/C19H24FNO2.ClH/c1-19(2,15-4-3-5-17(23)13-15)18(21-10-11-22)12-14-6-8-16(20)9-7-14;/h3-9,13,18,21-23H,10-12H2,1-2H3;1H. The Balaban J connectivity index is 0.00000288. The van der Waals surface area contributed by atoms with Gasteiger partial charge in [0.2, 0.25) is 0 Å². The summed E-state index contributed by atoms with van der Waals surface area (Å²) in [5, 5.41) is 22.3. The molecule has 0 saturated heterocycles. The normalized spacial score (nSPS) is 12.5. The maximum Gasteiger partial charge on any atom is 0.123 e. The van der Waals surface area contributed by atoms with Crippen LogP contribution in [0.4, 0.5) is 4.39 Å². The van der Waals surface area contributed by atoms with Crippen LogP contribution in [0.1, 0.15) is 25.0 Å². The minimum absolute atomic E-state index is 0. The molecule has 5 heteroatoms. The Morgan fingerprint density at radius 2 is 1.79 bits per heavy atom. The van der Waals surface area contributed by atoms with Crippen molar-refractivity contribution in [1.29, 1.82) is 0 Å². The molecule has 1 atom stereocenters. The van der Waals surface area contributed by atoms with Gasteiger partial charge in [0, 0.05) is 18.0 Å². The van der Waals surface area contributed by atoms with Crippen LogP contribution in [0.25, 0.3) is 0 Å². The highest BCUT2D eigenvalue weighted by Crippen LogP contribution is 2.31. The summed E-state index contributed by atoms with van der Waals surface area (Å²) < 4.78 is 13.1. The van der Waals surface area contributed by atoms with Crippen molar-refractivity contribution in [3.63, 3.8) is 0 Å². The third-order valence-corrected chi connectivity index (χ3v) is 4.32. The van der Waals surface area contributed by atoms with E-state index < -0.39 is 0 Å². The molecule has 3 N–H and O–H groups in total. The molecule has 0 radical (unpaired) electrons. The van der Waals surface area contributed by atoms with Crippen LogP contribution in [0.5, 0.6) is 5.75 Å². The molecule has 0 aliphatic carbocycles. The van der Waals surface area contributed by atoms with Crippen molar-refractivity contribution in [2.75, 3.05) is 13.2 Å². The molecule has 24 heavy (non-hydrogen) atoms. The summed E-state index contributed by atoms with van der Waals surface area (Å²) in [4.78, 5) is 0. The van der Waals surface area contributed by atoms with Crippen LogP contribution in [0.2, 0.25) is 0 Å². The van der Waals surface area contributed by atoms with Gasteiger partial charge in [-0.2, -0.15) is 0 Å². The summed E-state index contributed by atoms with van der Waals surface area (Å²) in [7, 11) is 0. The summed E-state index contributed by atoms with van der Waals surface area (Å²) in [5.74, 6) is -0.0147. The summed E-state index contributed by atoms with van der Waals surface area (Å²) in [6.45, 7) is 4.73. The minimum Gasteiger partial charge on any atom is -0.508 e. The number of hydrogen-bond acceptors (Lipinski definition) is 3. The maximum absolute atomic E-state index is 13.1. The van der Waals surface area contributed by atoms with Crippen molar-refractivity contribution in [1.82, 2.24) is 5.32 Å². The number of nitrogens with one attached hydrogen (secondary N) is 1. The van der Waals surface area contributed by atoms with Crippen LogP contribution >= 0.6 is 12.4 Å². The molecule has 1 unspecified atom stereocenters. The monoisotopic (exact) mass is 353 g/mol. The highest BCUT2D eigenvalue weighted by molar-refractivity contribution is 5.85. The second-order valence-corrected chi connectivity index (χ2v) is 6.33. The number of halogens is 2. The molecular formula is C19H25ClFNO2. The van der Waals surface area contributed by atoms with Gasteiger partial charge in [-0.3, -0.25) is 0 Å². The van der Waals surface area contributed by atoms with E-state index in [1.54, 1.807) is 24.3 Å². The quantitative estimate of drug-likeness (QED) is 0.715. The highest BCUT2D eigenvalue weighted by atomic mass is 35.5. The van der Waals surface area contributed by atoms with E-state index in [0.29, 0.717) is 13.0 Å². The number of rotatable bonds is 7. The third-order valence-electron chi connectivity index (χ3n) is 4.32. The van der Waals surface area contributed by atoms with Gasteiger partial charge in [-0.25, -0.2) is 4.39 Å². The van der Waals surface area contributed by atoms with Gasteiger partial charge in [0.1, 0.15) is 11.6 Å². The number of phenols is 1. The van der Waals surface area contributed by atoms with Crippen LogP contribution in [0, 0.1) is 5.82 Å². The average Bonchev–Trinajstić information content (AvgIpc) is 2.53. The van der Waals surface area contributed by atoms with Crippen LogP contribution in [0.3, 0.4) is 0 Å². The molecule has 0 aliphatic rings. The zero-order valence-electron chi connectivity index (χ0n) is 14.0. The molecule has 2 aromatic rings. The van der Waals surface area contributed by atoms with E-state index in [2.05, 4.69) is 19.2 Å². The van der Waals surface area contributed by atoms with E-state index in [1.165, 1.54) is 12.1 Å². The lowest BCUT2D eigenvalue weighted by molar-refractivity contribution is 0.261. The van der Waals surface area contributed by atoms with Crippen LogP contribution in [-0.4, -0.2) is 29.4 Å². The first-order valence-corrected chi connectivity index (χ1v) is 7.81. The van der Waals surface area contributed by atoms with Gasteiger partial charge in [-0.1, -0.05) is 38.1 Å². The molecule has 0 saturated carbocycles. The number of phenolic OH excluding ortho intramolecular Hbond substituents is 1. The summed E-state index contributed by atoms with van der Waals surface area (Å²) in [5.41, 5.74) is 1.76. The predicted molar refractivity (Wildman–Crippen MR) is 97.4 cm³/mol. The Morgan fingerprint density at radius 1 is 1.12 bits per heavy atom. The molecular weight excluding hydrogens is 329 g/mol. The molecule has 0 heterocycles. The van der Waals surface area contributed by atoms with E-state index >= 15 is 0 Å². The van der Waals surface area contributed by atoms with Gasteiger partial charge in [-0.15, -0.1) is 12.4 Å². The lowest BCUT2D eigenvalue weighted by Crippen LogP contribution is -2.47. The number of hydrogen-bond donors (Lipinski definition) is 3. The Morgan fingerprint density at radius 3 is 2.38 bits per heavy atom. The first kappa shape index (κ1) is 20.4. The molecule has 132 valence electrons. The van der Waals surface area contributed by atoms with E-state index in [-0.39, 0.29) is 42.0 Å². The molecule has 2 rings (SSSR count). The average molecular weight is 354 g/mol. The Labute approximate surface area is 149 Å². The molecule has 3 nitrogen and oxygen atoms in total.